The van der Waals surface area contributed by atoms with Crippen LogP contribution in [0.1, 0.15) is 16.1 Å². The maximum atomic E-state index is 12.0. The fraction of sp³-hybridized carbons (Fsp3) is 0.231. The van der Waals surface area contributed by atoms with Crippen molar-refractivity contribution < 1.29 is 9.90 Å². The third kappa shape index (κ3) is 2.95. The standard InChI is InChI=1S/C13H15N3O2/c14-4-5-16-8-12(15-9-16)13(18)7-10-2-1-3-11(17)6-10/h1-3,6,8-9,17H,4-5,7,14H2. The second-order valence-corrected chi connectivity index (χ2v) is 4.06. The van der Waals surface area contributed by atoms with Crippen LogP contribution in [0.2, 0.25) is 0 Å². The topological polar surface area (TPSA) is 81.1 Å². The van der Waals surface area contributed by atoms with Gasteiger partial charge in [-0.15, -0.1) is 0 Å². The first-order valence-electron chi connectivity index (χ1n) is 5.72. The molecule has 0 atom stereocenters. The van der Waals surface area contributed by atoms with E-state index in [2.05, 4.69) is 4.98 Å². The molecule has 0 radical (unpaired) electrons. The van der Waals surface area contributed by atoms with Crippen LogP contribution < -0.4 is 5.73 Å². The van der Waals surface area contributed by atoms with E-state index in [1.807, 2.05) is 0 Å². The Hall–Kier alpha value is -2.14. The first kappa shape index (κ1) is 12.3. The fourth-order valence-electron chi connectivity index (χ4n) is 1.72. The van der Waals surface area contributed by atoms with Crippen LogP contribution in [0.4, 0.5) is 0 Å². The van der Waals surface area contributed by atoms with Gasteiger partial charge < -0.3 is 15.4 Å². The first-order chi connectivity index (χ1) is 8.69. The van der Waals surface area contributed by atoms with Crippen molar-refractivity contribution in [3.05, 3.63) is 48.0 Å². The van der Waals surface area contributed by atoms with E-state index in [9.17, 15) is 9.90 Å². The Morgan fingerprint density at radius 1 is 1.44 bits per heavy atom. The molecule has 1 aromatic heterocycles. The third-order valence-electron chi connectivity index (χ3n) is 2.58. The van der Waals surface area contributed by atoms with Gasteiger partial charge in [0.05, 0.1) is 6.33 Å². The summed E-state index contributed by atoms with van der Waals surface area (Å²) < 4.78 is 1.79. The summed E-state index contributed by atoms with van der Waals surface area (Å²) in [7, 11) is 0. The zero-order valence-corrected chi connectivity index (χ0v) is 9.91. The molecule has 0 aliphatic heterocycles. The van der Waals surface area contributed by atoms with Gasteiger partial charge in [0, 0.05) is 25.7 Å². The van der Waals surface area contributed by atoms with Crippen molar-refractivity contribution in [1.29, 1.82) is 0 Å². The molecule has 2 aromatic rings. The van der Waals surface area contributed by atoms with Crippen LogP contribution in [0.5, 0.6) is 5.75 Å². The second-order valence-electron chi connectivity index (χ2n) is 4.06. The molecule has 18 heavy (non-hydrogen) atoms. The lowest BCUT2D eigenvalue weighted by Crippen LogP contribution is -2.08. The average Bonchev–Trinajstić information content (AvgIpc) is 2.78. The van der Waals surface area contributed by atoms with E-state index in [1.165, 1.54) is 0 Å². The summed E-state index contributed by atoms with van der Waals surface area (Å²) in [5.41, 5.74) is 6.62. The van der Waals surface area contributed by atoms with Crippen molar-refractivity contribution in [2.45, 2.75) is 13.0 Å². The highest BCUT2D eigenvalue weighted by molar-refractivity contribution is 5.95. The van der Waals surface area contributed by atoms with Gasteiger partial charge in [0.2, 0.25) is 0 Å². The number of imidazole rings is 1. The van der Waals surface area contributed by atoms with Crippen molar-refractivity contribution in [3.63, 3.8) is 0 Å². The Balaban J connectivity index is 2.07. The maximum absolute atomic E-state index is 12.0. The Morgan fingerprint density at radius 3 is 3.00 bits per heavy atom. The minimum Gasteiger partial charge on any atom is -0.508 e. The number of nitrogens with zero attached hydrogens (tertiary/aromatic N) is 2. The molecular weight excluding hydrogens is 230 g/mol. The lowest BCUT2D eigenvalue weighted by Gasteiger charge is -2.00. The SMILES string of the molecule is NCCn1cnc(C(=O)Cc2cccc(O)c2)c1. The highest BCUT2D eigenvalue weighted by Crippen LogP contribution is 2.13. The molecule has 0 unspecified atom stereocenters. The predicted octanol–water partition coefficient (Wildman–Crippen LogP) is 0.973. The number of ketones is 1. The molecule has 0 amide bonds. The molecule has 5 heteroatoms. The molecule has 0 spiro atoms. The van der Waals surface area contributed by atoms with Gasteiger partial charge in [-0.1, -0.05) is 12.1 Å². The van der Waals surface area contributed by atoms with Crippen molar-refractivity contribution in [2.24, 2.45) is 5.73 Å². The van der Waals surface area contributed by atoms with E-state index in [4.69, 9.17) is 5.73 Å². The molecule has 0 saturated carbocycles. The lowest BCUT2D eigenvalue weighted by atomic mass is 10.1. The molecule has 0 bridgehead atoms. The summed E-state index contributed by atoms with van der Waals surface area (Å²) in [5, 5.41) is 9.33. The van der Waals surface area contributed by atoms with E-state index in [1.54, 1.807) is 41.4 Å². The van der Waals surface area contributed by atoms with Crippen LogP contribution in [0.25, 0.3) is 0 Å². The zero-order chi connectivity index (χ0) is 13.0. The Kier molecular flexibility index (Phi) is 3.74. The molecule has 1 aromatic carbocycles. The number of hydrogen-bond acceptors (Lipinski definition) is 4. The molecule has 0 aliphatic carbocycles. The number of rotatable bonds is 5. The van der Waals surface area contributed by atoms with Crippen molar-refractivity contribution >= 4 is 5.78 Å². The molecule has 1 heterocycles. The number of carbonyl (C=O) groups excluding carboxylic acids is 1. The monoisotopic (exact) mass is 245 g/mol. The van der Waals surface area contributed by atoms with E-state index in [0.717, 1.165) is 5.56 Å². The number of Topliss-reactive ketones (excluding diaryl/α,β-unsaturated/α-hetero) is 1. The van der Waals surface area contributed by atoms with Gasteiger partial charge in [-0.25, -0.2) is 4.98 Å². The highest BCUT2D eigenvalue weighted by atomic mass is 16.3. The van der Waals surface area contributed by atoms with Gasteiger partial charge in [-0.3, -0.25) is 4.79 Å². The van der Waals surface area contributed by atoms with Crippen LogP contribution in [0, 0.1) is 0 Å². The molecule has 0 aliphatic rings. The van der Waals surface area contributed by atoms with E-state index < -0.39 is 0 Å². The molecule has 2 rings (SSSR count). The van der Waals surface area contributed by atoms with Gasteiger partial charge in [0.1, 0.15) is 11.4 Å². The Morgan fingerprint density at radius 2 is 2.28 bits per heavy atom. The van der Waals surface area contributed by atoms with Crippen LogP contribution in [0.15, 0.2) is 36.8 Å². The maximum Gasteiger partial charge on any atom is 0.187 e. The van der Waals surface area contributed by atoms with Gasteiger partial charge >= 0.3 is 0 Å². The highest BCUT2D eigenvalue weighted by Gasteiger charge is 2.10. The number of phenols is 1. The van der Waals surface area contributed by atoms with Crippen molar-refractivity contribution in [1.82, 2.24) is 9.55 Å². The quantitative estimate of drug-likeness (QED) is 0.769. The normalized spacial score (nSPS) is 10.5. The van der Waals surface area contributed by atoms with Crippen LogP contribution in [0.3, 0.4) is 0 Å². The van der Waals surface area contributed by atoms with Crippen LogP contribution in [-0.2, 0) is 13.0 Å². The number of aromatic hydroxyl groups is 1. The molecule has 5 nitrogen and oxygen atoms in total. The number of hydrogen-bond donors (Lipinski definition) is 2. The number of phenolic OH excluding ortho intramolecular Hbond substituents is 1. The first-order valence-corrected chi connectivity index (χ1v) is 5.72. The fourth-order valence-corrected chi connectivity index (χ4v) is 1.72. The molecule has 3 N–H and O–H groups in total. The molecule has 94 valence electrons. The number of carbonyl (C=O) groups is 1. The van der Waals surface area contributed by atoms with E-state index >= 15 is 0 Å². The van der Waals surface area contributed by atoms with Gasteiger partial charge in [0.15, 0.2) is 5.78 Å². The molecule has 0 fully saturated rings. The predicted molar refractivity (Wildman–Crippen MR) is 67.4 cm³/mol. The largest absolute Gasteiger partial charge is 0.508 e. The zero-order valence-electron chi connectivity index (χ0n) is 9.91. The van der Waals surface area contributed by atoms with Gasteiger partial charge in [-0.2, -0.15) is 0 Å². The summed E-state index contributed by atoms with van der Waals surface area (Å²) in [6, 6.07) is 6.66. The number of benzene rings is 1. The minimum atomic E-state index is -0.0728. The summed E-state index contributed by atoms with van der Waals surface area (Å²) in [6.45, 7) is 1.16. The summed E-state index contributed by atoms with van der Waals surface area (Å²) in [6.07, 6.45) is 3.52. The van der Waals surface area contributed by atoms with Gasteiger partial charge in [0.25, 0.3) is 0 Å². The minimum absolute atomic E-state index is 0.0728. The average molecular weight is 245 g/mol. The van der Waals surface area contributed by atoms with Gasteiger partial charge in [-0.05, 0) is 17.7 Å². The van der Waals surface area contributed by atoms with E-state index in [-0.39, 0.29) is 18.0 Å². The summed E-state index contributed by atoms with van der Waals surface area (Å²) in [5.74, 6) is 0.0883. The second kappa shape index (κ2) is 5.46. The van der Waals surface area contributed by atoms with Crippen LogP contribution in [-0.4, -0.2) is 27.0 Å². The van der Waals surface area contributed by atoms with Crippen molar-refractivity contribution in [3.8, 4) is 5.75 Å². The molecule has 0 saturated heterocycles. The summed E-state index contributed by atoms with van der Waals surface area (Å²) >= 11 is 0. The lowest BCUT2D eigenvalue weighted by molar-refractivity contribution is 0.0988. The Labute approximate surface area is 105 Å². The van der Waals surface area contributed by atoms with Crippen molar-refractivity contribution in [2.75, 3.05) is 6.54 Å². The smallest absolute Gasteiger partial charge is 0.187 e. The van der Waals surface area contributed by atoms with Crippen LogP contribution >= 0.6 is 0 Å². The summed E-state index contributed by atoms with van der Waals surface area (Å²) in [4.78, 5) is 16.0. The number of aromatic nitrogens is 2. The van der Waals surface area contributed by atoms with E-state index in [0.29, 0.717) is 18.8 Å². The number of nitrogens with two attached hydrogens (primary N) is 1. The third-order valence-corrected chi connectivity index (χ3v) is 2.58. The molecular formula is C13H15N3O2. The Bertz CT molecular complexity index is 549.